The normalized spacial score (nSPS) is 10.5. The van der Waals surface area contributed by atoms with E-state index in [1.807, 2.05) is 0 Å². The smallest absolute Gasteiger partial charge is 0.337 e. The van der Waals surface area contributed by atoms with Crippen molar-refractivity contribution in [3.63, 3.8) is 0 Å². The van der Waals surface area contributed by atoms with Crippen LogP contribution in [0.4, 0.5) is 11.4 Å². The van der Waals surface area contributed by atoms with Crippen LogP contribution in [-0.4, -0.2) is 22.2 Å². The zero-order valence-corrected chi connectivity index (χ0v) is 13.6. The number of anilines is 2. The Morgan fingerprint density at radius 2 is 1.38 bits per heavy atom. The highest BCUT2D eigenvalue weighted by Crippen LogP contribution is 2.39. The molecule has 0 saturated carbocycles. The fraction of sp³-hybridized carbons (Fsp3) is 0. The van der Waals surface area contributed by atoms with Crippen LogP contribution in [-0.2, 0) is 0 Å². The van der Waals surface area contributed by atoms with Crippen LogP contribution in [0.3, 0.4) is 0 Å². The number of carboxylic acid groups (broad SMARTS) is 2. The topological polar surface area (TPSA) is 127 Å². The van der Waals surface area contributed by atoms with E-state index in [0.29, 0.717) is 28.1 Å². The van der Waals surface area contributed by atoms with Crippen molar-refractivity contribution in [2.75, 3.05) is 11.5 Å². The minimum absolute atomic E-state index is 0.287. The fourth-order valence-electron chi connectivity index (χ4n) is 2.92. The highest BCUT2D eigenvalue weighted by molar-refractivity contribution is 6.10. The number of hydrogen-bond acceptors (Lipinski definition) is 4. The molecule has 0 aliphatic rings. The van der Waals surface area contributed by atoms with E-state index < -0.39 is 11.9 Å². The molecule has 0 unspecified atom stereocenters. The SMILES string of the molecule is Nc1ccc(-c2c(-c3ccccc3N)ccc(C(=O)O)c2C(=O)O)cc1. The summed E-state index contributed by atoms with van der Waals surface area (Å²) in [7, 11) is 0. The highest BCUT2D eigenvalue weighted by atomic mass is 16.4. The second-order valence-corrected chi connectivity index (χ2v) is 5.73. The van der Waals surface area contributed by atoms with Crippen LogP contribution in [0.1, 0.15) is 20.7 Å². The third-order valence-electron chi connectivity index (χ3n) is 4.10. The van der Waals surface area contributed by atoms with Crippen molar-refractivity contribution in [3.8, 4) is 22.3 Å². The molecule has 6 nitrogen and oxygen atoms in total. The van der Waals surface area contributed by atoms with Crippen molar-refractivity contribution in [2.24, 2.45) is 0 Å². The van der Waals surface area contributed by atoms with E-state index in [0.717, 1.165) is 0 Å². The number of carboxylic acids is 2. The number of benzene rings is 3. The van der Waals surface area contributed by atoms with Gasteiger partial charge in [-0.15, -0.1) is 0 Å². The Balaban J connectivity index is 2.44. The predicted octanol–water partition coefficient (Wildman–Crippen LogP) is 3.58. The Labute approximate surface area is 149 Å². The molecule has 0 aromatic heterocycles. The zero-order valence-electron chi connectivity index (χ0n) is 13.6. The van der Waals surface area contributed by atoms with E-state index in [2.05, 4.69) is 0 Å². The van der Waals surface area contributed by atoms with Gasteiger partial charge in [0.1, 0.15) is 0 Å². The van der Waals surface area contributed by atoms with Gasteiger partial charge in [-0.2, -0.15) is 0 Å². The molecule has 0 bridgehead atoms. The van der Waals surface area contributed by atoms with Gasteiger partial charge in [-0.1, -0.05) is 36.4 Å². The van der Waals surface area contributed by atoms with Crippen LogP contribution in [0.25, 0.3) is 22.3 Å². The second kappa shape index (κ2) is 6.60. The molecule has 0 heterocycles. The lowest BCUT2D eigenvalue weighted by atomic mass is 9.87. The standard InChI is InChI=1S/C20H16N2O4/c21-12-7-5-11(6-8-12)17-14(13-3-1-2-4-16(13)22)9-10-15(19(23)24)18(17)20(25)26/h1-10H,21-22H2,(H,23,24)(H,25,26). The summed E-state index contributed by atoms with van der Waals surface area (Å²) in [5.41, 5.74) is 14.2. The van der Waals surface area contributed by atoms with Crippen LogP contribution in [0.5, 0.6) is 0 Å². The van der Waals surface area contributed by atoms with E-state index >= 15 is 0 Å². The van der Waals surface area contributed by atoms with Gasteiger partial charge < -0.3 is 21.7 Å². The summed E-state index contributed by atoms with van der Waals surface area (Å²) in [6, 6.07) is 16.5. The third kappa shape index (κ3) is 2.95. The van der Waals surface area contributed by atoms with Crippen LogP contribution < -0.4 is 11.5 Å². The van der Waals surface area contributed by atoms with Gasteiger partial charge in [0.25, 0.3) is 0 Å². The zero-order chi connectivity index (χ0) is 18.8. The molecule has 0 aliphatic carbocycles. The highest BCUT2D eigenvalue weighted by Gasteiger charge is 2.25. The summed E-state index contributed by atoms with van der Waals surface area (Å²) in [5, 5.41) is 19.2. The Hall–Kier alpha value is -3.80. The number of aromatic carboxylic acids is 2. The molecule has 3 aromatic carbocycles. The van der Waals surface area contributed by atoms with Crippen molar-refractivity contribution in [2.45, 2.75) is 0 Å². The minimum atomic E-state index is -1.33. The molecule has 130 valence electrons. The number of nitrogen functional groups attached to an aromatic ring is 2. The molecule has 0 amide bonds. The first-order chi connectivity index (χ1) is 12.4. The molecule has 0 fully saturated rings. The lowest BCUT2D eigenvalue weighted by Crippen LogP contribution is -2.11. The molecule has 26 heavy (non-hydrogen) atoms. The molecule has 0 atom stereocenters. The summed E-state index contributed by atoms with van der Waals surface area (Å²) in [6.07, 6.45) is 0. The Kier molecular flexibility index (Phi) is 4.33. The van der Waals surface area contributed by atoms with Crippen molar-refractivity contribution in [1.82, 2.24) is 0 Å². The van der Waals surface area contributed by atoms with Gasteiger partial charge in [-0.25, -0.2) is 9.59 Å². The summed E-state index contributed by atoms with van der Waals surface area (Å²) in [4.78, 5) is 23.5. The molecule has 3 rings (SSSR count). The molecule has 6 heteroatoms. The van der Waals surface area contributed by atoms with Crippen LogP contribution in [0.2, 0.25) is 0 Å². The number of rotatable bonds is 4. The average Bonchev–Trinajstić information content (AvgIpc) is 2.61. The molecule has 0 spiro atoms. The molecular formula is C20H16N2O4. The minimum Gasteiger partial charge on any atom is -0.478 e. The number of hydrogen-bond donors (Lipinski definition) is 4. The number of carbonyl (C=O) groups is 2. The number of para-hydroxylation sites is 1. The quantitative estimate of drug-likeness (QED) is 0.534. The Morgan fingerprint density at radius 1 is 0.731 bits per heavy atom. The van der Waals surface area contributed by atoms with Gasteiger partial charge in [-0.05, 0) is 35.4 Å². The first-order valence-electron chi connectivity index (χ1n) is 7.74. The molecule has 0 saturated heterocycles. The van der Waals surface area contributed by atoms with Crippen LogP contribution >= 0.6 is 0 Å². The maximum atomic E-state index is 11.9. The maximum absolute atomic E-state index is 11.9. The first-order valence-corrected chi connectivity index (χ1v) is 7.74. The summed E-state index contributed by atoms with van der Waals surface area (Å²) < 4.78 is 0. The predicted molar refractivity (Wildman–Crippen MR) is 100 cm³/mol. The largest absolute Gasteiger partial charge is 0.478 e. The third-order valence-corrected chi connectivity index (χ3v) is 4.10. The average molecular weight is 348 g/mol. The summed E-state index contributed by atoms with van der Waals surface area (Å²) >= 11 is 0. The second-order valence-electron chi connectivity index (χ2n) is 5.73. The van der Waals surface area contributed by atoms with Crippen molar-refractivity contribution in [1.29, 1.82) is 0 Å². The Morgan fingerprint density at radius 3 is 1.96 bits per heavy atom. The van der Waals surface area contributed by atoms with E-state index in [-0.39, 0.29) is 16.7 Å². The van der Waals surface area contributed by atoms with Crippen LogP contribution in [0.15, 0.2) is 60.7 Å². The molecule has 0 radical (unpaired) electrons. The van der Waals surface area contributed by atoms with Gasteiger partial charge in [0, 0.05) is 22.5 Å². The van der Waals surface area contributed by atoms with Gasteiger partial charge in [-0.3, -0.25) is 0 Å². The molecule has 6 N–H and O–H groups in total. The molecule has 3 aromatic rings. The van der Waals surface area contributed by atoms with Crippen molar-refractivity contribution < 1.29 is 19.8 Å². The lowest BCUT2D eigenvalue weighted by molar-refractivity contribution is 0.0652. The van der Waals surface area contributed by atoms with Gasteiger partial charge in [0.2, 0.25) is 0 Å². The fourth-order valence-corrected chi connectivity index (χ4v) is 2.92. The molecule has 0 aliphatic heterocycles. The maximum Gasteiger partial charge on any atom is 0.337 e. The first kappa shape index (κ1) is 17.0. The monoisotopic (exact) mass is 348 g/mol. The summed E-state index contributed by atoms with van der Waals surface area (Å²) in [5.74, 6) is -2.64. The van der Waals surface area contributed by atoms with Gasteiger partial charge >= 0.3 is 11.9 Å². The van der Waals surface area contributed by atoms with E-state index in [4.69, 9.17) is 11.5 Å². The number of nitrogens with two attached hydrogens (primary N) is 2. The lowest BCUT2D eigenvalue weighted by Gasteiger charge is -2.17. The van der Waals surface area contributed by atoms with Crippen molar-refractivity contribution >= 4 is 23.3 Å². The van der Waals surface area contributed by atoms with E-state index in [9.17, 15) is 19.8 Å². The van der Waals surface area contributed by atoms with Crippen LogP contribution in [0, 0.1) is 0 Å². The van der Waals surface area contributed by atoms with E-state index in [1.54, 1.807) is 54.6 Å². The molecular weight excluding hydrogens is 332 g/mol. The summed E-state index contributed by atoms with van der Waals surface area (Å²) in [6.45, 7) is 0. The van der Waals surface area contributed by atoms with Gasteiger partial charge in [0.05, 0.1) is 11.1 Å². The van der Waals surface area contributed by atoms with E-state index in [1.165, 1.54) is 6.07 Å². The van der Waals surface area contributed by atoms with Crippen molar-refractivity contribution in [3.05, 3.63) is 71.8 Å². The Bertz CT molecular complexity index is 1010. The van der Waals surface area contributed by atoms with Gasteiger partial charge in [0.15, 0.2) is 0 Å².